The lowest BCUT2D eigenvalue weighted by Gasteiger charge is -2.30. The first-order valence-electron chi connectivity index (χ1n) is 4.93. The molecule has 0 fully saturated rings. The zero-order valence-corrected chi connectivity index (χ0v) is 9.59. The van der Waals surface area contributed by atoms with Gasteiger partial charge >= 0.3 is 0 Å². The van der Waals surface area contributed by atoms with E-state index in [1.165, 1.54) is 6.92 Å². The summed E-state index contributed by atoms with van der Waals surface area (Å²) in [6, 6.07) is 0.0338. The number of hydrogen-bond donors (Lipinski definition) is 2. The normalized spacial score (nSPS) is 13.8. The molecule has 4 heteroatoms. The van der Waals surface area contributed by atoms with Crippen LogP contribution in [-0.2, 0) is 9.53 Å². The fourth-order valence-electron chi connectivity index (χ4n) is 1.04. The minimum atomic E-state index is -0.0266. The highest BCUT2D eigenvalue weighted by Crippen LogP contribution is 2.19. The van der Waals surface area contributed by atoms with E-state index in [9.17, 15) is 4.79 Å². The van der Waals surface area contributed by atoms with E-state index in [1.807, 2.05) is 0 Å². The predicted molar refractivity (Wildman–Crippen MR) is 56.9 cm³/mol. The van der Waals surface area contributed by atoms with Crippen LogP contribution in [-0.4, -0.2) is 31.7 Å². The molecular formula is C10H22N2O2. The van der Waals surface area contributed by atoms with Gasteiger partial charge in [0.2, 0.25) is 5.91 Å². The maximum Gasteiger partial charge on any atom is 0.217 e. The Morgan fingerprint density at radius 1 is 1.50 bits per heavy atom. The summed E-state index contributed by atoms with van der Waals surface area (Å²) in [5, 5.41) is 2.87. The van der Waals surface area contributed by atoms with Gasteiger partial charge in [-0.25, -0.2) is 0 Å². The molecule has 3 N–H and O–H groups in total. The van der Waals surface area contributed by atoms with Crippen molar-refractivity contribution in [3.8, 4) is 0 Å². The molecule has 0 saturated heterocycles. The maximum atomic E-state index is 10.9. The zero-order valence-electron chi connectivity index (χ0n) is 9.59. The third-order valence-electron chi connectivity index (χ3n) is 1.97. The average molecular weight is 202 g/mol. The molecular weight excluding hydrogens is 180 g/mol. The Hall–Kier alpha value is -0.610. The monoisotopic (exact) mass is 202 g/mol. The van der Waals surface area contributed by atoms with Crippen molar-refractivity contribution in [2.24, 2.45) is 11.1 Å². The minimum absolute atomic E-state index is 0.000266. The molecule has 0 aromatic heterocycles. The zero-order chi connectivity index (χ0) is 11.2. The maximum absolute atomic E-state index is 10.9. The molecule has 1 atom stereocenters. The van der Waals surface area contributed by atoms with Crippen molar-refractivity contribution in [3.05, 3.63) is 0 Å². The van der Waals surface area contributed by atoms with Crippen LogP contribution in [0.1, 0.15) is 27.7 Å². The van der Waals surface area contributed by atoms with E-state index in [0.717, 1.165) is 0 Å². The minimum Gasteiger partial charge on any atom is -0.378 e. The molecule has 0 saturated carbocycles. The van der Waals surface area contributed by atoms with Crippen molar-refractivity contribution >= 4 is 5.91 Å². The lowest BCUT2D eigenvalue weighted by molar-refractivity contribution is -0.121. The molecule has 0 aromatic carbocycles. The summed E-state index contributed by atoms with van der Waals surface area (Å²) in [7, 11) is 0. The molecule has 4 nitrogen and oxygen atoms in total. The third kappa shape index (κ3) is 5.94. The largest absolute Gasteiger partial charge is 0.378 e. The van der Waals surface area contributed by atoms with Crippen LogP contribution in [0.15, 0.2) is 0 Å². The van der Waals surface area contributed by atoms with E-state index in [0.29, 0.717) is 19.8 Å². The SMILES string of the molecule is CC(=O)NC(COCCN)C(C)(C)C. The van der Waals surface area contributed by atoms with Gasteiger partial charge in [-0.2, -0.15) is 0 Å². The van der Waals surface area contributed by atoms with E-state index in [2.05, 4.69) is 26.1 Å². The van der Waals surface area contributed by atoms with Crippen molar-refractivity contribution < 1.29 is 9.53 Å². The van der Waals surface area contributed by atoms with Crippen LogP contribution < -0.4 is 11.1 Å². The fraction of sp³-hybridized carbons (Fsp3) is 0.900. The number of carbonyl (C=O) groups is 1. The summed E-state index contributed by atoms with van der Waals surface area (Å²) < 4.78 is 5.33. The second kappa shape index (κ2) is 5.98. The molecule has 0 rings (SSSR count). The fourth-order valence-corrected chi connectivity index (χ4v) is 1.04. The molecule has 1 unspecified atom stereocenters. The Balaban J connectivity index is 4.05. The molecule has 0 aromatic rings. The van der Waals surface area contributed by atoms with Gasteiger partial charge < -0.3 is 15.8 Å². The van der Waals surface area contributed by atoms with E-state index in [-0.39, 0.29) is 17.4 Å². The van der Waals surface area contributed by atoms with E-state index >= 15 is 0 Å². The number of nitrogens with one attached hydrogen (secondary N) is 1. The molecule has 1 amide bonds. The summed E-state index contributed by atoms with van der Waals surface area (Å²) in [5.74, 6) is -0.0266. The predicted octanol–water partition coefficient (Wildman–Crippen LogP) is 0.513. The van der Waals surface area contributed by atoms with Crippen LogP contribution in [0.3, 0.4) is 0 Å². The Bertz CT molecular complexity index is 175. The summed E-state index contributed by atoms with van der Waals surface area (Å²) in [5.41, 5.74) is 5.31. The highest BCUT2D eigenvalue weighted by molar-refractivity contribution is 5.73. The lowest BCUT2D eigenvalue weighted by atomic mass is 9.87. The van der Waals surface area contributed by atoms with Gasteiger partial charge in [-0.05, 0) is 5.41 Å². The topological polar surface area (TPSA) is 64.3 Å². The van der Waals surface area contributed by atoms with Gasteiger partial charge in [0, 0.05) is 13.5 Å². The Labute approximate surface area is 86.2 Å². The van der Waals surface area contributed by atoms with Crippen LogP contribution in [0.5, 0.6) is 0 Å². The van der Waals surface area contributed by atoms with Crippen molar-refractivity contribution in [2.45, 2.75) is 33.7 Å². The van der Waals surface area contributed by atoms with Gasteiger partial charge in [0.15, 0.2) is 0 Å². The quantitative estimate of drug-likeness (QED) is 0.639. The molecule has 0 aliphatic heterocycles. The van der Waals surface area contributed by atoms with Gasteiger partial charge in [-0.1, -0.05) is 20.8 Å². The van der Waals surface area contributed by atoms with Gasteiger partial charge in [0.05, 0.1) is 19.3 Å². The standard InChI is InChI=1S/C10H22N2O2/c1-8(13)12-9(10(2,3)4)7-14-6-5-11/h9H,5-7,11H2,1-4H3,(H,12,13). The summed E-state index contributed by atoms with van der Waals surface area (Å²) in [4.78, 5) is 10.9. The van der Waals surface area contributed by atoms with Gasteiger partial charge in [0.25, 0.3) is 0 Å². The third-order valence-corrected chi connectivity index (χ3v) is 1.97. The average Bonchev–Trinajstić information content (AvgIpc) is 2.00. The molecule has 0 spiro atoms. The number of rotatable bonds is 5. The highest BCUT2D eigenvalue weighted by Gasteiger charge is 2.25. The van der Waals surface area contributed by atoms with E-state index in [1.54, 1.807) is 0 Å². The number of ether oxygens (including phenoxy) is 1. The molecule has 0 radical (unpaired) electrons. The van der Waals surface area contributed by atoms with E-state index < -0.39 is 0 Å². The number of nitrogens with two attached hydrogens (primary N) is 1. The Morgan fingerprint density at radius 3 is 2.43 bits per heavy atom. The summed E-state index contributed by atoms with van der Waals surface area (Å²) in [6.45, 7) is 9.28. The first kappa shape index (κ1) is 13.4. The smallest absolute Gasteiger partial charge is 0.217 e. The van der Waals surface area contributed by atoms with Gasteiger partial charge in [-0.3, -0.25) is 4.79 Å². The van der Waals surface area contributed by atoms with Crippen LogP contribution in [0.2, 0.25) is 0 Å². The van der Waals surface area contributed by atoms with E-state index in [4.69, 9.17) is 10.5 Å². The highest BCUT2D eigenvalue weighted by atomic mass is 16.5. The second-order valence-corrected chi connectivity index (χ2v) is 4.48. The first-order chi connectivity index (χ1) is 6.38. The lowest BCUT2D eigenvalue weighted by Crippen LogP contribution is -2.46. The Kier molecular flexibility index (Phi) is 5.72. The van der Waals surface area contributed by atoms with Gasteiger partial charge in [-0.15, -0.1) is 0 Å². The first-order valence-corrected chi connectivity index (χ1v) is 4.93. The molecule has 0 bridgehead atoms. The summed E-state index contributed by atoms with van der Waals surface area (Å²) in [6.07, 6.45) is 0. The molecule has 0 heterocycles. The van der Waals surface area contributed by atoms with Crippen LogP contribution in [0, 0.1) is 5.41 Å². The summed E-state index contributed by atoms with van der Waals surface area (Å²) >= 11 is 0. The molecule has 0 aliphatic carbocycles. The van der Waals surface area contributed by atoms with Crippen molar-refractivity contribution in [1.29, 1.82) is 0 Å². The van der Waals surface area contributed by atoms with Crippen LogP contribution >= 0.6 is 0 Å². The van der Waals surface area contributed by atoms with Crippen LogP contribution in [0.4, 0.5) is 0 Å². The molecule has 84 valence electrons. The van der Waals surface area contributed by atoms with Crippen molar-refractivity contribution in [3.63, 3.8) is 0 Å². The number of carbonyl (C=O) groups excluding carboxylic acids is 1. The number of hydrogen-bond acceptors (Lipinski definition) is 3. The van der Waals surface area contributed by atoms with Gasteiger partial charge in [0.1, 0.15) is 0 Å². The second-order valence-electron chi connectivity index (χ2n) is 4.48. The molecule has 14 heavy (non-hydrogen) atoms. The molecule has 0 aliphatic rings. The van der Waals surface area contributed by atoms with Crippen molar-refractivity contribution in [1.82, 2.24) is 5.32 Å². The number of amides is 1. The Morgan fingerprint density at radius 2 is 2.07 bits per heavy atom. The van der Waals surface area contributed by atoms with Crippen LogP contribution in [0.25, 0.3) is 0 Å². The van der Waals surface area contributed by atoms with Crippen molar-refractivity contribution in [2.75, 3.05) is 19.8 Å².